The van der Waals surface area contributed by atoms with E-state index in [4.69, 9.17) is 9.15 Å². The van der Waals surface area contributed by atoms with E-state index in [-0.39, 0.29) is 6.61 Å². The van der Waals surface area contributed by atoms with Gasteiger partial charge in [-0.2, -0.15) is 0 Å². The van der Waals surface area contributed by atoms with Crippen LogP contribution in [-0.4, -0.2) is 39.1 Å². The van der Waals surface area contributed by atoms with Gasteiger partial charge in [-0.05, 0) is 26.0 Å². The van der Waals surface area contributed by atoms with Crippen LogP contribution in [0.2, 0.25) is 0 Å². The van der Waals surface area contributed by atoms with Gasteiger partial charge in [0.15, 0.2) is 5.16 Å². The van der Waals surface area contributed by atoms with E-state index in [2.05, 4.69) is 27.4 Å². The number of hydrogen-bond donors (Lipinski definition) is 2. The molecule has 3 heterocycles. The van der Waals surface area contributed by atoms with E-state index in [9.17, 15) is 9.59 Å². The number of nitrogens with zero attached hydrogens (tertiary/aromatic N) is 3. The number of esters is 1. The van der Waals surface area contributed by atoms with Crippen molar-refractivity contribution in [2.24, 2.45) is 0 Å². The number of rotatable bonds is 8. The number of carbonyl (C=O) groups is 2. The fourth-order valence-electron chi connectivity index (χ4n) is 2.76. The van der Waals surface area contributed by atoms with Gasteiger partial charge in [-0.1, -0.05) is 17.8 Å². The topological polar surface area (TPSA) is 111 Å². The van der Waals surface area contributed by atoms with Crippen LogP contribution in [-0.2, 0) is 16.1 Å². The highest BCUT2D eigenvalue weighted by Gasteiger charge is 2.35. The number of ether oxygens (including phenoxy) is 1. The number of allylic oxidation sites excluding steroid dienone is 1. The molecular formula is C18H21N5O4S. The zero-order valence-corrected chi connectivity index (χ0v) is 16.4. The van der Waals surface area contributed by atoms with Crippen LogP contribution in [0.3, 0.4) is 0 Å². The standard InChI is InChI=1S/C18H21N5O4S/c1-4-8-23-10-19-22-18(23)28-9-12-14(16(24)26-5-2)15(21-17(25)20-12)13-7-6-11(3)27-13/h4,6-7,10,15H,1,5,8-9H2,2-3H3,(H2,20,21,25). The van der Waals surface area contributed by atoms with Crippen LogP contribution in [0.1, 0.15) is 24.5 Å². The second-order valence-corrected chi connectivity index (χ2v) is 6.88. The molecule has 2 aromatic rings. The lowest BCUT2D eigenvalue weighted by Gasteiger charge is -2.27. The quantitative estimate of drug-likeness (QED) is 0.395. The van der Waals surface area contributed by atoms with Crippen molar-refractivity contribution >= 4 is 23.8 Å². The Bertz CT molecular complexity index is 917. The average molecular weight is 403 g/mol. The normalized spacial score (nSPS) is 16.5. The molecule has 0 saturated heterocycles. The van der Waals surface area contributed by atoms with E-state index in [0.29, 0.717) is 40.2 Å². The minimum Gasteiger partial charge on any atom is -0.464 e. The molecule has 1 aliphatic heterocycles. The molecule has 0 saturated carbocycles. The summed E-state index contributed by atoms with van der Waals surface area (Å²) < 4.78 is 12.7. The molecule has 0 fully saturated rings. The van der Waals surface area contributed by atoms with E-state index >= 15 is 0 Å². The summed E-state index contributed by atoms with van der Waals surface area (Å²) in [4.78, 5) is 24.9. The second kappa shape index (κ2) is 8.79. The molecule has 0 spiro atoms. The number of amides is 2. The van der Waals surface area contributed by atoms with Gasteiger partial charge in [0.1, 0.15) is 23.9 Å². The van der Waals surface area contributed by atoms with E-state index < -0.39 is 18.0 Å². The van der Waals surface area contributed by atoms with Gasteiger partial charge in [-0.3, -0.25) is 0 Å². The summed E-state index contributed by atoms with van der Waals surface area (Å²) in [5.74, 6) is 0.928. The molecule has 2 amide bonds. The minimum atomic E-state index is -0.733. The zero-order chi connectivity index (χ0) is 20.1. The van der Waals surface area contributed by atoms with Gasteiger partial charge in [-0.15, -0.1) is 16.8 Å². The van der Waals surface area contributed by atoms with Crippen LogP contribution in [0.15, 0.2) is 52.0 Å². The molecule has 28 heavy (non-hydrogen) atoms. The molecule has 148 valence electrons. The number of aromatic nitrogens is 3. The summed E-state index contributed by atoms with van der Waals surface area (Å²) in [6.45, 7) is 8.00. The molecule has 1 aliphatic rings. The summed E-state index contributed by atoms with van der Waals surface area (Å²) in [6.07, 6.45) is 3.33. The van der Waals surface area contributed by atoms with Gasteiger partial charge in [0, 0.05) is 18.0 Å². The van der Waals surface area contributed by atoms with Gasteiger partial charge >= 0.3 is 12.0 Å². The van der Waals surface area contributed by atoms with Crippen molar-refractivity contribution < 1.29 is 18.7 Å². The van der Waals surface area contributed by atoms with Gasteiger partial charge in [0.05, 0.1) is 12.2 Å². The first kappa shape index (κ1) is 19.7. The summed E-state index contributed by atoms with van der Waals surface area (Å²) in [5, 5.41) is 14.1. The van der Waals surface area contributed by atoms with Gasteiger partial charge < -0.3 is 24.4 Å². The van der Waals surface area contributed by atoms with Crippen molar-refractivity contribution in [2.45, 2.75) is 31.6 Å². The SMILES string of the molecule is C=CCn1cnnc1SCC1=C(C(=O)OCC)C(c2ccc(C)o2)NC(=O)N1. The molecule has 10 heteroatoms. The molecule has 0 bridgehead atoms. The maximum Gasteiger partial charge on any atom is 0.338 e. The van der Waals surface area contributed by atoms with Crippen LogP contribution >= 0.6 is 11.8 Å². The number of nitrogens with one attached hydrogen (secondary N) is 2. The third kappa shape index (κ3) is 4.28. The van der Waals surface area contributed by atoms with Gasteiger partial charge in [0.2, 0.25) is 0 Å². The number of thioether (sulfide) groups is 1. The lowest BCUT2D eigenvalue weighted by atomic mass is 10.0. The second-order valence-electron chi connectivity index (χ2n) is 5.94. The smallest absolute Gasteiger partial charge is 0.338 e. The number of urea groups is 1. The summed E-state index contributed by atoms with van der Waals surface area (Å²) in [6, 6.07) is 2.35. The Labute approximate surface area is 166 Å². The van der Waals surface area contributed by atoms with Gasteiger partial charge in [0.25, 0.3) is 0 Å². The molecule has 9 nitrogen and oxygen atoms in total. The van der Waals surface area contributed by atoms with Crippen molar-refractivity contribution in [1.29, 1.82) is 0 Å². The van der Waals surface area contributed by atoms with Crippen molar-refractivity contribution in [3.8, 4) is 0 Å². The predicted octanol–water partition coefficient (Wildman–Crippen LogP) is 2.33. The van der Waals surface area contributed by atoms with Gasteiger partial charge in [-0.25, -0.2) is 9.59 Å². The van der Waals surface area contributed by atoms with E-state index in [1.807, 2.05) is 4.57 Å². The molecule has 2 aromatic heterocycles. The van der Waals surface area contributed by atoms with Crippen LogP contribution in [0.4, 0.5) is 4.79 Å². The Kier molecular flexibility index (Phi) is 6.19. The Morgan fingerprint density at radius 3 is 3.00 bits per heavy atom. The number of hydrogen-bond acceptors (Lipinski definition) is 7. The monoisotopic (exact) mass is 403 g/mol. The number of furan rings is 1. The van der Waals surface area contributed by atoms with Crippen LogP contribution in [0, 0.1) is 6.92 Å². The summed E-state index contributed by atoms with van der Waals surface area (Å²) in [7, 11) is 0. The summed E-state index contributed by atoms with van der Waals surface area (Å²) in [5.41, 5.74) is 0.748. The average Bonchev–Trinajstić information content (AvgIpc) is 3.28. The third-order valence-electron chi connectivity index (χ3n) is 3.95. The molecule has 0 aromatic carbocycles. The molecule has 1 unspecified atom stereocenters. The molecule has 3 rings (SSSR count). The first-order chi connectivity index (χ1) is 13.5. The fourth-order valence-corrected chi connectivity index (χ4v) is 3.65. The van der Waals surface area contributed by atoms with Crippen molar-refractivity contribution in [3.63, 3.8) is 0 Å². The third-order valence-corrected chi connectivity index (χ3v) is 4.95. The Morgan fingerprint density at radius 1 is 1.50 bits per heavy atom. The Balaban J connectivity index is 1.93. The summed E-state index contributed by atoms with van der Waals surface area (Å²) >= 11 is 1.35. The van der Waals surface area contributed by atoms with Crippen LogP contribution < -0.4 is 10.6 Å². The lowest BCUT2D eigenvalue weighted by Crippen LogP contribution is -2.46. The maximum atomic E-state index is 12.7. The fraction of sp³-hybridized carbons (Fsp3) is 0.333. The van der Waals surface area contributed by atoms with E-state index in [1.165, 1.54) is 11.8 Å². The first-order valence-corrected chi connectivity index (χ1v) is 9.67. The first-order valence-electron chi connectivity index (χ1n) is 8.69. The van der Waals surface area contributed by atoms with Crippen molar-refractivity contribution in [2.75, 3.05) is 12.4 Å². The predicted molar refractivity (Wildman–Crippen MR) is 102 cm³/mol. The van der Waals surface area contributed by atoms with E-state index in [0.717, 1.165) is 0 Å². The van der Waals surface area contributed by atoms with Crippen LogP contribution in [0.25, 0.3) is 0 Å². The Morgan fingerprint density at radius 2 is 2.32 bits per heavy atom. The van der Waals surface area contributed by atoms with Crippen molar-refractivity contribution in [1.82, 2.24) is 25.4 Å². The molecule has 2 N–H and O–H groups in total. The lowest BCUT2D eigenvalue weighted by molar-refractivity contribution is -0.139. The van der Waals surface area contributed by atoms with E-state index in [1.54, 1.807) is 38.4 Å². The number of carbonyl (C=O) groups excluding carboxylic acids is 2. The Hall–Kier alpha value is -3.01. The van der Waals surface area contributed by atoms with Crippen LogP contribution in [0.5, 0.6) is 0 Å². The highest BCUT2D eigenvalue weighted by Crippen LogP contribution is 2.31. The highest BCUT2D eigenvalue weighted by molar-refractivity contribution is 7.99. The molecular weight excluding hydrogens is 382 g/mol. The molecule has 1 atom stereocenters. The minimum absolute atomic E-state index is 0.217. The van der Waals surface area contributed by atoms with Crippen molar-refractivity contribution in [3.05, 3.63) is 53.9 Å². The highest BCUT2D eigenvalue weighted by atomic mass is 32.2. The number of aryl methyl sites for hydroxylation is 1. The molecule has 0 aliphatic carbocycles. The largest absolute Gasteiger partial charge is 0.464 e. The maximum absolute atomic E-state index is 12.7. The molecule has 0 radical (unpaired) electrons. The zero-order valence-electron chi connectivity index (χ0n) is 15.6.